The van der Waals surface area contributed by atoms with E-state index in [4.69, 9.17) is 0 Å². The van der Waals surface area contributed by atoms with Gasteiger partial charge in [-0.1, -0.05) is 19.3 Å². The van der Waals surface area contributed by atoms with Crippen LogP contribution in [0.2, 0.25) is 0 Å². The van der Waals surface area contributed by atoms with E-state index in [0.717, 1.165) is 32.4 Å². The highest BCUT2D eigenvalue weighted by molar-refractivity contribution is 5.81. The van der Waals surface area contributed by atoms with Crippen LogP contribution in [-0.4, -0.2) is 49.1 Å². The van der Waals surface area contributed by atoms with Gasteiger partial charge in [-0.25, -0.2) is 0 Å². The largest absolute Gasteiger partial charge is 0.352 e. The number of carbonyl (C=O) groups is 1. The zero-order chi connectivity index (χ0) is 15.7. The number of amides is 1. The second-order valence-corrected chi connectivity index (χ2v) is 6.80. The van der Waals surface area contributed by atoms with Crippen molar-refractivity contribution in [3.63, 3.8) is 0 Å². The number of rotatable bonds is 9. The molecule has 21 heavy (non-hydrogen) atoms. The molecular formula is C17H35N3O. The molecule has 0 saturated heterocycles. The summed E-state index contributed by atoms with van der Waals surface area (Å²) < 4.78 is 0. The van der Waals surface area contributed by atoms with E-state index in [1.54, 1.807) is 0 Å². The molecule has 0 aliphatic heterocycles. The van der Waals surface area contributed by atoms with E-state index in [2.05, 4.69) is 36.4 Å². The van der Waals surface area contributed by atoms with Crippen LogP contribution in [0.15, 0.2) is 0 Å². The summed E-state index contributed by atoms with van der Waals surface area (Å²) in [6.07, 6.45) is 8.45. The van der Waals surface area contributed by atoms with Crippen molar-refractivity contribution in [3.05, 3.63) is 0 Å². The summed E-state index contributed by atoms with van der Waals surface area (Å²) in [5.41, 5.74) is 0. The third kappa shape index (κ3) is 7.82. The zero-order valence-electron chi connectivity index (χ0n) is 14.5. The van der Waals surface area contributed by atoms with Crippen LogP contribution < -0.4 is 10.6 Å². The first-order valence-corrected chi connectivity index (χ1v) is 8.74. The molecule has 4 heteroatoms. The van der Waals surface area contributed by atoms with Gasteiger partial charge in [-0.05, 0) is 66.6 Å². The van der Waals surface area contributed by atoms with Gasteiger partial charge >= 0.3 is 0 Å². The normalized spacial score (nSPS) is 18.2. The molecule has 124 valence electrons. The van der Waals surface area contributed by atoms with Crippen molar-refractivity contribution in [1.82, 2.24) is 15.5 Å². The number of hydrogen-bond donors (Lipinski definition) is 2. The van der Waals surface area contributed by atoms with Crippen molar-refractivity contribution >= 4 is 5.91 Å². The van der Waals surface area contributed by atoms with Crippen LogP contribution in [0.4, 0.5) is 0 Å². The Balaban J connectivity index is 2.06. The van der Waals surface area contributed by atoms with Crippen molar-refractivity contribution in [2.24, 2.45) is 0 Å². The van der Waals surface area contributed by atoms with Gasteiger partial charge in [-0.2, -0.15) is 0 Å². The first-order valence-electron chi connectivity index (χ1n) is 8.74. The molecule has 4 nitrogen and oxygen atoms in total. The Morgan fingerprint density at radius 3 is 2.43 bits per heavy atom. The summed E-state index contributed by atoms with van der Waals surface area (Å²) in [6.45, 7) is 8.46. The molecule has 1 saturated carbocycles. The molecule has 2 N–H and O–H groups in total. The van der Waals surface area contributed by atoms with Crippen molar-refractivity contribution in [1.29, 1.82) is 0 Å². The summed E-state index contributed by atoms with van der Waals surface area (Å²) in [7, 11) is 2.17. The van der Waals surface area contributed by atoms with Crippen LogP contribution in [0.5, 0.6) is 0 Å². The molecule has 0 spiro atoms. The van der Waals surface area contributed by atoms with Crippen LogP contribution in [0, 0.1) is 0 Å². The third-order valence-electron chi connectivity index (χ3n) is 4.61. The Bertz CT molecular complexity index is 288. The molecular weight excluding hydrogens is 262 g/mol. The van der Waals surface area contributed by atoms with Gasteiger partial charge in [0, 0.05) is 12.1 Å². The lowest BCUT2D eigenvalue weighted by Crippen LogP contribution is -2.47. The maximum atomic E-state index is 12.1. The smallest absolute Gasteiger partial charge is 0.237 e. The van der Waals surface area contributed by atoms with Crippen LogP contribution >= 0.6 is 0 Å². The lowest BCUT2D eigenvalue weighted by atomic mass is 9.95. The molecule has 0 radical (unpaired) electrons. The van der Waals surface area contributed by atoms with Gasteiger partial charge < -0.3 is 15.5 Å². The van der Waals surface area contributed by atoms with Crippen LogP contribution in [0.1, 0.15) is 65.7 Å². The fourth-order valence-corrected chi connectivity index (χ4v) is 2.73. The Morgan fingerprint density at radius 2 is 1.81 bits per heavy atom. The van der Waals surface area contributed by atoms with E-state index in [1.165, 1.54) is 25.7 Å². The van der Waals surface area contributed by atoms with Crippen LogP contribution in [0.25, 0.3) is 0 Å². The topological polar surface area (TPSA) is 44.4 Å². The molecule has 0 aromatic heterocycles. The Labute approximate surface area is 131 Å². The first-order chi connectivity index (χ1) is 10.0. The molecule has 1 rings (SSSR count). The molecule has 0 aromatic carbocycles. The molecule has 1 aliphatic rings. The third-order valence-corrected chi connectivity index (χ3v) is 4.61. The molecule has 1 aliphatic carbocycles. The van der Waals surface area contributed by atoms with Crippen molar-refractivity contribution in [2.45, 2.75) is 83.8 Å². The number of nitrogens with one attached hydrogen (secondary N) is 2. The molecule has 0 bridgehead atoms. The van der Waals surface area contributed by atoms with Gasteiger partial charge in [-0.3, -0.25) is 4.79 Å². The molecule has 1 unspecified atom stereocenters. The lowest BCUT2D eigenvalue weighted by molar-refractivity contribution is -0.123. The minimum absolute atomic E-state index is 0.0743. The minimum Gasteiger partial charge on any atom is -0.352 e. The number of carbonyl (C=O) groups excluding carboxylic acids is 1. The van der Waals surface area contributed by atoms with Gasteiger partial charge in [-0.15, -0.1) is 0 Å². The van der Waals surface area contributed by atoms with E-state index in [9.17, 15) is 4.79 Å². The Kier molecular flexibility index (Phi) is 8.93. The molecule has 1 amide bonds. The Morgan fingerprint density at radius 1 is 1.14 bits per heavy atom. The average molecular weight is 297 g/mol. The quantitative estimate of drug-likeness (QED) is 0.643. The van der Waals surface area contributed by atoms with Gasteiger partial charge in [0.25, 0.3) is 0 Å². The summed E-state index contributed by atoms with van der Waals surface area (Å²) in [5.74, 6) is 0.168. The monoisotopic (exact) mass is 297 g/mol. The fraction of sp³-hybridized carbons (Fsp3) is 0.941. The van der Waals surface area contributed by atoms with E-state index in [1.807, 2.05) is 6.92 Å². The van der Waals surface area contributed by atoms with Gasteiger partial charge in [0.05, 0.1) is 6.04 Å². The molecule has 1 atom stereocenters. The van der Waals surface area contributed by atoms with E-state index < -0.39 is 0 Å². The summed E-state index contributed by atoms with van der Waals surface area (Å²) in [5, 5.41) is 6.53. The Hall–Kier alpha value is -0.610. The highest BCUT2D eigenvalue weighted by Crippen LogP contribution is 2.17. The van der Waals surface area contributed by atoms with E-state index in [0.29, 0.717) is 12.1 Å². The van der Waals surface area contributed by atoms with E-state index in [-0.39, 0.29) is 11.9 Å². The van der Waals surface area contributed by atoms with Gasteiger partial charge in [0.15, 0.2) is 0 Å². The summed E-state index contributed by atoms with van der Waals surface area (Å²) >= 11 is 0. The number of unbranched alkanes of at least 4 members (excludes halogenated alkanes) is 1. The fourth-order valence-electron chi connectivity index (χ4n) is 2.73. The van der Waals surface area contributed by atoms with Crippen LogP contribution in [-0.2, 0) is 4.79 Å². The lowest BCUT2D eigenvalue weighted by Gasteiger charge is -2.25. The SMILES string of the molecule is CC(NCCCCN(C)C(C)C)C(=O)NC1CCCCC1. The average Bonchev–Trinajstić information content (AvgIpc) is 2.47. The highest BCUT2D eigenvalue weighted by Gasteiger charge is 2.18. The summed E-state index contributed by atoms with van der Waals surface area (Å²) in [6, 6.07) is 0.947. The first kappa shape index (κ1) is 18.4. The molecule has 0 heterocycles. The number of hydrogen-bond acceptors (Lipinski definition) is 3. The van der Waals surface area contributed by atoms with Crippen molar-refractivity contribution < 1.29 is 4.79 Å². The minimum atomic E-state index is -0.0743. The predicted octanol–water partition coefficient (Wildman–Crippen LogP) is 2.53. The maximum Gasteiger partial charge on any atom is 0.237 e. The van der Waals surface area contributed by atoms with Crippen LogP contribution in [0.3, 0.4) is 0 Å². The van der Waals surface area contributed by atoms with Crippen molar-refractivity contribution in [3.8, 4) is 0 Å². The van der Waals surface area contributed by atoms with Gasteiger partial charge in [0.2, 0.25) is 5.91 Å². The molecule has 0 aromatic rings. The summed E-state index contributed by atoms with van der Waals surface area (Å²) in [4.78, 5) is 14.5. The second-order valence-electron chi connectivity index (χ2n) is 6.80. The standard InChI is InChI=1S/C17H35N3O/c1-14(2)20(4)13-9-8-12-18-15(3)17(21)19-16-10-6-5-7-11-16/h14-16,18H,5-13H2,1-4H3,(H,19,21). The highest BCUT2D eigenvalue weighted by atomic mass is 16.2. The zero-order valence-corrected chi connectivity index (χ0v) is 14.5. The van der Waals surface area contributed by atoms with Crippen molar-refractivity contribution in [2.75, 3.05) is 20.1 Å². The maximum absolute atomic E-state index is 12.1. The van der Waals surface area contributed by atoms with Gasteiger partial charge in [0.1, 0.15) is 0 Å². The predicted molar refractivity (Wildman–Crippen MR) is 89.5 cm³/mol. The molecule has 1 fully saturated rings. The van der Waals surface area contributed by atoms with E-state index >= 15 is 0 Å². The second kappa shape index (κ2) is 10.2. The number of nitrogens with zero attached hydrogens (tertiary/aromatic N) is 1.